The van der Waals surface area contributed by atoms with E-state index < -0.39 is 0 Å². The van der Waals surface area contributed by atoms with E-state index in [0.29, 0.717) is 19.8 Å². The minimum Gasteiger partial charge on any atom is -0.490 e. The van der Waals surface area contributed by atoms with Crippen LogP contribution in [0.5, 0.6) is 11.5 Å². The van der Waals surface area contributed by atoms with Gasteiger partial charge in [-0.25, -0.2) is 0 Å². The number of rotatable bonds is 9. The Balaban J connectivity index is 1.58. The summed E-state index contributed by atoms with van der Waals surface area (Å²) in [6, 6.07) is 7.75. The van der Waals surface area contributed by atoms with Crippen molar-refractivity contribution in [3.05, 3.63) is 24.3 Å². The molecule has 112 valence electrons. The molecule has 0 saturated carbocycles. The molecule has 1 heterocycles. The van der Waals surface area contributed by atoms with Crippen LogP contribution in [0.2, 0.25) is 0 Å². The first kappa shape index (κ1) is 15.1. The number of ether oxygens (including phenoxy) is 3. The van der Waals surface area contributed by atoms with Crippen molar-refractivity contribution in [2.24, 2.45) is 5.92 Å². The summed E-state index contributed by atoms with van der Waals surface area (Å²) >= 11 is 0. The number of hydrogen-bond donors (Lipinski definition) is 1. The molecule has 1 unspecified atom stereocenters. The Labute approximate surface area is 121 Å². The van der Waals surface area contributed by atoms with Gasteiger partial charge in [-0.15, -0.1) is 0 Å². The average Bonchev–Trinajstić information content (AvgIpc) is 2.98. The third-order valence-electron chi connectivity index (χ3n) is 3.47. The molecule has 1 aliphatic heterocycles. The van der Waals surface area contributed by atoms with Gasteiger partial charge in [0.15, 0.2) is 11.5 Å². The predicted molar refractivity (Wildman–Crippen MR) is 79.5 cm³/mol. The van der Waals surface area contributed by atoms with Crippen LogP contribution in [-0.4, -0.2) is 39.5 Å². The lowest BCUT2D eigenvalue weighted by atomic mass is 10.1. The second-order valence-electron chi connectivity index (χ2n) is 4.99. The molecule has 1 aromatic carbocycles. The van der Waals surface area contributed by atoms with Crippen LogP contribution in [0.4, 0.5) is 0 Å². The quantitative estimate of drug-likeness (QED) is 0.705. The lowest BCUT2D eigenvalue weighted by Gasteiger charge is -2.12. The molecule has 1 saturated heterocycles. The Kier molecular flexibility index (Phi) is 6.68. The van der Waals surface area contributed by atoms with E-state index in [0.717, 1.165) is 43.5 Å². The van der Waals surface area contributed by atoms with E-state index in [1.165, 1.54) is 6.42 Å². The van der Waals surface area contributed by atoms with Crippen molar-refractivity contribution in [2.45, 2.75) is 19.8 Å². The highest BCUT2D eigenvalue weighted by Gasteiger charge is 2.13. The van der Waals surface area contributed by atoms with Crippen molar-refractivity contribution in [1.29, 1.82) is 0 Å². The first-order chi connectivity index (χ1) is 9.90. The molecule has 1 aromatic rings. The van der Waals surface area contributed by atoms with E-state index >= 15 is 0 Å². The van der Waals surface area contributed by atoms with E-state index in [4.69, 9.17) is 14.2 Å². The number of nitrogens with one attached hydrogen (secondary N) is 1. The van der Waals surface area contributed by atoms with Gasteiger partial charge in [0.2, 0.25) is 0 Å². The van der Waals surface area contributed by atoms with E-state index in [1.54, 1.807) is 0 Å². The van der Waals surface area contributed by atoms with E-state index in [2.05, 4.69) is 5.32 Å². The van der Waals surface area contributed by atoms with Gasteiger partial charge in [-0.1, -0.05) is 12.1 Å². The van der Waals surface area contributed by atoms with Gasteiger partial charge in [0.1, 0.15) is 6.61 Å². The van der Waals surface area contributed by atoms with E-state index in [1.807, 2.05) is 31.2 Å². The maximum Gasteiger partial charge on any atom is 0.161 e. The Morgan fingerprint density at radius 1 is 1.10 bits per heavy atom. The van der Waals surface area contributed by atoms with Gasteiger partial charge in [-0.3, -0.25) is 0 Å². The van der Waals surface area contributed by atoms with Crippen LogP contribution in [0.3, 0.4) is 0 Å². The predicted octanol–water partition coefficient (Wildman–Crippen LogP) is 2.48. The lowest BCUT2D eigenvalue weighted by molar-refractivity contribution is 0.0902. The summed E-state index contributed by atoms with van der Waals surface area (Å²) in [6.45, 7) is 6.92. The lowest BCUT2D eigenvalue weighted by Crippen LogP contribution is -2.13. The molecule has 20 heavy (non-hydrogen) atoms. The fourth-order valence-electron chi connectivity index (χ4n) is 2.37. The number of hydrogen-bond acceptors (Lipinski definition) is 4. The first-order valence-electron chi connectivity index (χ1n) is 7.53. The molecule has 1 aliphatic rings. The SMILES string of the molecule is CCOc1ccccc1OCCOCCC1CCNC1. The normalized spacial score (nSPS) is 18.1. The van der Waals surface area contributed by atoms with Gasteiger partial charge in [0, 0.05) is 6.61 Å². The Bertz CT molecular complexity index is 378. The van der Waals surface area contributed by atoms with Crippen LogP contribution in [0.1, 0.15) is 19.8 Å². The highest BCUT2D eigenvalue weighted by atomic mass is 16.5. The monoisotopic (exact) mass is 279 g/mol. The second-order valence-corrected chi connectivity index (χ2v) is 4.99. The molecule has 0 radical (unpaired) electrons. The molecule has 0 aromatic heterocycles. The second kappa shape index (κ2) is 8.82. The van der Waals surface area contributed by atoms with Crippen LogP contribution in [0, 0.1) is 5.92 Å². The standard InChI is InChI=1S/C16H25NO3/c1-2-19-15-5-3-4-6-16(15)20-12-11-18-10-8-14-7-9-17-13-14/h3-6,14,17H,2,7-13H2,1H3. The van der Waals surface area contributed by atoms with Crippen molar-refractivity contribution < 1.29 is 14.2 Å². The summed E-state index contributed by atoms with van der Waals surface area (Å²) in [4.78, 5) is 0. The zero-order chi connectivity index (χ0) is 14.0. The minimum absolute atomic E-state index is 0.563. The minimum atomic E-state index is 0.563. The van der Waals surface area contributed by atoms with Crippen molar-refractivity contribution in [3.63, 3.8) is 0 Å². The average molecular weight is 279 g/mol. The van der Waals surface area contributed by atoms with Crippen molar-refractivity contribution in [1.82, 2.24) is 5.32 Å². The van der Waals surface area contributed by atoms with E-state index in [9.17, 15) is 0 Å². The van der Waals surface area contributed by atoms with Gasteiger partial charge in [0.05, 0.1) is 13.2 Å². The molecule has 0 bridgehead atoms. The third kappa shape index (κ3) is 5.02. The van der Waals surface area contributed by atoms with E-state index in [-0.39, 0.29) is 0 Å². The summed E-state index contributed by atoms with van der Waals surface area (Å²) < 4.78 is 16.8. The zero-order valence-corrected chi connectivity index (χ0v) is 12.3. The van der Waals surface area contributed by atoms with Gasteiger partial charge >= 0.3 is 0 Å². The highest BCUT2D eigenvalue weighted by molar-refractivity contribution is 5.39. The Morgan fingerprint density at radius 2 is 1.90 bits per heavy atom. The smallest absolute Gasteiger partial charge is 0.161 e. The molecule has 0 aliphatic carbocycles. The largest absolute Gasteiger partial charge is 0.490 e. The van der Waals surface area contributed by atoms with Crippen LogP contribution >= 0.6 is 0 Å². The summed E-state index contributed by atoms with van der Waals surface area (Å²) in [7, 11) is 0. The molecular formula is C16H25NO3. The maximum absolute atomic E-state index is 5.70. The molecule has 1 fully saturated rings. The van der Waals surface area contributed by atoms with Crippen LogP contribution in [-0.2, 0) is 4.74 Å². The van der Waals surface area contributed by atoms with Crippen molar-refractivity contribution in [3.8, 4) is 11.5 Å². The summed E-state index contributed by atoms with van der Waals surface area (Å²) in [5, 5.41) is 3.37. The fourth-order valence-corrected chi connectivity index (χ4v) is 2.37. The van der Waals surface area contributed by atoms with Crippen molar-refractivity contribution >= 4 is 0 Å². The molecule has 4 heteroatoms. The molecular weight excluding hydrogens is 254 g/mol. The Morgan fingerprint density at radius 3 is 2.60 bits per heavy atom. The molecule has 0 amide bonds. The number of para-hydroxylation sites is 2. The van der Waals surface area contributed by atoms with Crippen LogP contribution in [0.15, 0.2) is 24.3 Å². The first-order valence-corrected chi connectivity index (χ1v) is 7.53. The summed E-state index contributed by atoms with van der Waals surface area (Å²) in [5.41, 5.74) is 0. The summed E-state index contributed by atoms with van der Waals surface area (Å²) in [6.07, 6.45) is 2.42. The van der Waals surface area contributed by atoms with Gasteiger partial charge < -0.3 is 19.5 Å². The maximum atomic E-state index is 5.70. The topological polar surface area (TPSA) is 39.7 Å². The van der Waals surface area contributed by atoms with Crippen LogP contribution in [0.25, 0.3) is 0 Å². The molecule has 1 N–H and O–H groups in total. The molecule has 4 nitrogen and oxygen atoms in total. The summed E-state index contributed by atoms with van der Waals surface area (Å²) in [5.74, 6) is 2.37. The third-order valence-corrected chi connectivity index (χ3v) is 3.47. The fraction of sp³-hybridized carbons (Fsp3) is 0.625. The Hall–Kier alpha value is -1.26. The van der Waals surface area contributed by atoms with Gasteiger partial charge in [0.25, 0.3) is 0 Å². The van der Waals surface area contributed by atoms with Gasteiger partial charge in [-0.05, 0) is 50.9 Å². The molecule has 2 rings (SSSR count). The molecule has 0 spiro atoms. The highest BCUT2D eigenvalue weighted by Crippen LogP contribution is 2.26. The van der Waals surface area contributed by atoms with Crippen LogP contribution < -0.4 is 14.8 Å². The zero-order valence-electron chi connectivity index (χ0n) is 12.3. The molecule has 1 atom stereocenters. The van der Waals surface area contributed by atoms with Gasteiger partial charge in [-0.2, -0.15) is 0 Å². The number of benzene rings is 1. The van der Waals surface area contributed by atoms with Crippen molar-refractivity contribution in [2.75, 3.05) is 39.5 Å².